The lowest BCUT2D eigenvalue weighted by atomic mass is 9.96. The lowest BCUT2D eigenvalue weighted by Crippen LogP contribution is -2.32. The summed E-state index contributed by atoms with van der Waals surface area (Å²) < 4.78 is 0. The van der Waals surface area contributed by atoms with Gasteiger partial charge in [-0.05, 0) is 48.9 Å². The first kappa shape index (κ1) is 14.1. The second-order valence-electron chi connectivity index (χ2n) is 6.53. The highest BCUT2D eigenvalue weighted by Crippen LogP contribution is 2.44. The van der Waals surface area contributed by atoms with Crippen molar-refractivity contribution in [2.45, 2.75) is 46.0 Å². The van der Waals surface area contributed by atoms with Crippen molar-refractivity contribution in [1.29, 1.82) is 0 Å². The third-order valence-corrected chi connectivity index (χ3v) is 4.30. The number of nitrogens with one attached hydrogen (secondary N) is 1. The number of carbonyl (C=O) groups is 2. The highest BCUT2D eigenvalue weighted by atomic mass is 16.2. The van der Waals surface area contributed by atoms with Crippen molar-refractivity contribution in [2.24, 2.45) is 5.92 Å². The monoisotopic (exact) mass is 286 g/mol. The number of hydrogen-bond donors (Lipinski definition) is 1. The van der Waals surface area contributed by atoms with E-state index in [2.05, 4.69) is 5.32 Å². The molecule has 1 aromatic carbocycles. The standard InChI is InChI=1S/C17H22N2O2/c1-10(2)7-15(20)18-13-8-12-5-4-6-19-16(12)14(9-13)11(3)17(19)21/h8-11H,4-7H2,1-3H3,(H,18,20)/t11-/m1/s1. The van der Waals surface area contributed by atoms with E-state index >= 15 is 0 Å². The largest absolute Gasteiger partial charge is 0.326 e. The van der Waals surface area contributed by atoms with Gasteiger partial charge in [0.25, 0.3) is 0 Å². The molecule has 0 saturated carbocycles. The summed E-state index contributed by atoms with van der Waals surface area (Å²) in [6.07, 6.45) is 2.49. The van der Waals surface area contributed by atoms with Gasteiger partial charge in [-0.25, -0.2) is 0 Å². The van der Waals surface area contributed by atoms with Crippen molar-refractivity contribution in [1.82, 2.24) is 0 Å². The van der Waals surface area contributed by atoms with Crippen LogP contribution in [0.2, 0.25) is 0 Å². The SMILES string of the molecule is CC(C)CC(=O)Nc1cc2c3c(c1)[C@@H](C)C(=O)N3CCC2. The van der Waals surface area contributed by atoms with E-state index in [9.17, 15) is 9.59 Å². The number of nitrogens with zero attached hydrogens (tertiary/aromatic N) is 1. The third-order valence-electron chi connectivity index (χ3n) is 4.30. The maximum absolute atomic E-state index is 12.3. The van der Waals surface area contributed by atoms with Gasteiger partial charge in [0.05, 0.1) is 11.6 Å². The van der Waals surface area contributed by atoms with Gasteiger partial charge in [-0.2, -0.15) is 0 Å². The van der Waals surface area contributed by atoms with Crippen molar-refractivity contribution >= 4 is 23.2 Å². The number of benzene rings is 1. The average molecular weight is 286 g/mol. The summed E-state index contributed by atoms with van der Waals surface area (Å²) in [5, 5.41) is 2.98. The minimum atomic E-state index is -0.0983. The van der Waals surface area contributed by atoms with Crippen molar-refractivity contribution in [3.63, 3.8) is 0 Å². The molecule has 0 aliphatic carbocycles. The molecule has 21 heavy (non-hydrogen) atoms. The molecule has 0 saturated heterocycles. The summed E-state index contributed by atoms with van der Waals surface area (Å²) >= 11 is 0. The first-order valence-corrected chi connectivity index (χ1v) is 7.75. The van der Waals surface area contributed by atoms with E-state index < -0.39 is 0 Å². The molecule has 0 fully saturated rings. The highest BCUT2D eigenvalue weighted by molar-refractivity contribution is 6.06. The van der Waals surface area contributed by atoms with E-state index in [-0.39, 0.29) is 17.7 Å². The third kappa shape index (κ3) is 2.43. The van der Waals surface area contributed by atoms with Crippen LogP contribution in [-0.4, -0.2) is 18.4 Å². The second-order valence-corrected chi connectivity index (χ2v) is 6.53. The Bertz CT molecular complexity index is 607. The summed E-state index contributed by atoms with van der Waals surface area (Å²) in [6, 6.07) is 4.01. The fourth-order valence-corrected chi connectivity index (χ4v) is 3.35. The fraction of sp³-hybridized carbons (Fsp3) is 0.529. The molecular weight excluding hydrogens is 264 g/mol. The number of hydrogen-bond acceptors (Lipinski definition) is 2. The van der Waals surface area contributed by atoms with Gasteiger partial charge in [0.15, 0.2) is 0 Å². The van der Waals surface area contributed by atoms with E-state index in [1.807, 2.05) is 37.8 Å². The average Bonchev–Trinajstić information content (AvgIpc) is 2.65. The molecule has 2 amide bonds. The zero-order valence-corrected chi connectivity index (χ0v) is 12.9. The summed E-state index contributed by atoms with van der Waals surface area (Å²) in [6.45, 7) is 6.84. The number of aryl methyl sites for hydroxylation is 1. The maximum Gasteiger partial charge on any atom is 0.234 e. The van der Waals surface area contributed by atoms with Crippen LogP contribution in [0.5, 0.6) is 0 Å². The molecule has 2 aliphatic rings. The van der Waals surface area contributed by atoms with Crippen LogP contribution in [0.25, 0.3) is 0 Å². The summed E-state index contributed by atoms with van der Waals surface area (Å²) in [4.78, 5) is 26.2. The van der Waals surface area contributed by atoms with Crippen molar-refractivity contribution < 1.29 is 9.59 Å². The Morgan fingerprint density at radius 3 is 2.90 bits per heavy atom. The molecule has 0 spiro atoms. The molecule has 2 aliphatic heterocycles. The number of carbonyl (C=O) groups excluding carboxylic acids is 2. The number of anilines is 2. The lowest BCUT2D eigenvalue weighted by Gasteiger charge is -2.26. The normalized spacial score (nSPS) is 19.9. The number of rotatable bonds is 3. The van der Waals surface area contributed by atoms with Gasteiger partial charge in [-0.3, -0.25) is 9.59 Å². The second kappa shape index (κ2) is 5.17. The van der Waals surface area contributed by atoms with Crippen LogP contribution in [-0.2, 0) is 16.0 Å². The first-order chi connectivity index (χ1) is 9.97. The Balaban J connectivity index is 1.93. The van der Waals surface area contributed by atoms with E-state index in [0.29, 0.717) is 12.3 Å². The van der Waals surface area contributed by atoms with Gasteiger partial charge in [0.1, 0.15) is 0 Å². The maximum atomic E-state index is 12.3. The Morgan fingerprint density at radius 1 is 1.43 bits per heavy atom. The Hall–Kier alpha value is -1.84. The van der Waals surface area contributed by atoms with Crippen LogP contribution >= 0.6 is 0 Å². The zero-order chi connectivity index (χ0) is 15.1. The molecule has 1 atom stereocenters. The highest BCUT2D eigenvalue weighted by Gasteiger charge is 2.37. The van der Waals surface area contributed by atoms with E-state index in [0.717, 1.165) is 36.3 Å². The minimum absolute atomic E-state index is 0.0433. The van der Waals surface area contributed by atoms with Crippen LogP contribution in [0.3, 0.4) is 0 Å². The molecule has 4 heteroatoms. The van der Waals surface area contributed by atoms with Gasteiger partial charge in [0.2, 0.25) is 11.8 Å². The summed E-state index contributed by atoms with van der Waals surface area (Å²) in [7, 11) is 0. The molecule has 112 valence electrons. The van der Waals surface area contributed by atoms with Gasteiger partial charge in [-0.15, -0.1) is 0 Å². The molecule has 1 aromatic rings. The van der Waals surface area contributed by atoms with E-state index in [1.165, 1.54) is 5.56 Å². The predicted molar refractivity (Wildman–Crippen MR) is 83.6 cm³/mol. The molecule has 0 bridgehead atoms. The molecule has 0 radical (unpaired) electrons. The quantitative estimate of drug-likeness (QED) is 0.928. The molecule has 0 unspecified atom stereocenters. The molecular formula is C17H22N2O2. The van der Waals surface area contributed by atoms with Crippen molar-refractivity contribution in [2.75, 3.05) is 16.8 Å². The predicted octanol–water partition coefficient (Wildman–Crippen LogP) is 3.07. The Labute approximate surface area is 125 Å². The fourth-order valence-electron chi connectivity index (χ4n) is 3.35. The first-order valence-electron chi connectivity index (χ1n) is 7.75. The molecule has 4 nitrogen and oxygen atoms in total. The van der Waals surface area contributed by atoms with Crippen LogP contribution in [0.1, 0.15) is 50.7 Å². The van der Waals surface area contributed by atoms with Gasteiger partial charge in [-0.1, -0.05) is 13.8 Å². The molecule has 2 heterocycles. The van der Waals surface area contributed by atoms with Crippen LogP contribution in [0.4, 0.5) is 11.4 Å². The van der Waals surface area contributed by atoms with Gasteiger partial charge >= 0.3 is 0 Å². The lowest BCUT2D eigenvalue weighted by molar-refractivity contribution is -0.119. The van der Waals surface area contributed by atoms with Crippen LogP contribution in [0.15, 0.2) is 12.1 Å². The van der Waals surface area contributed by atoms with Crippen molar-refractivity contribution in [3.05, 3.63) is 23.3 Å². The number of amides is 2. The molecule has 3 rings (SSSR count). The Kier molecular flexibility index (Phi) is 3.47. The van der Waals surface area contributed by atoms with Gasteiger partial charge < -0.3 is 10.2 Å². The van der Waals surface area contributed by atoms with E-state index in [4.69, 9.17) is 0 Å². The van der Waals surface area contributed by atoms with E-state index in [1.54, 1.807) is 0 Å². The van der Waals surface area contributed by atoms with Crippen LogP contribution < -0.4 is 10.2 Å². The Morgan fingerprint density at radius 2 is 2.19 bits per heavy atom. The topological polar surface area (TPSA) is 49.4 Å². The van der Waals surface area contributed by atoms with Crippen molar-refractivity contribution in [3.8, 4) is 0 Å². The minimum Gasteiger partial charge on any atom is -0.326 e. The zero-order valence-electron chi connectivity index (χ0n) is 12.9. The smallest absolute Gasteiger partial charge is 0.234 e. The molecule has 1 N–H and O–H groups in total. The van der Waals surface area contributed by atoms with Crippen LogP contribution in [0, 0.1) is 5.92 Å². The summed E-state index contributed by atoms with van der Waals surface area (Å²) in [5.74, 6) is 0.478. The van der Waals surface area contributed by atoms with Gasteiger partial charge in [0, 0.05) is 18.7 Å². The molecule has 0 aromatic heterocycles. The summed E-state index contributed by atoms with van der Waals surface area (Å²) in [5.41, 5.74) is 4.19.